The van der Waals surface area contributed by atoms with E-state index in [-0.39, 0.29) is 12.2 Å². The van der Waals surface area contributed by atoms with Crippen molar-refractivity contribution >= 4 is 17.3 Å². The summed E-state index contributed by atoms with van der Waals surface area (Å²) < 4.78 is 0. The highest BCUT2D eigenvalue weighted by Gasteiger charge is 2.21. The molecule has 7 heteroatoms. The first kappa shape index (κ1) is 19.8. The summed E-state index contributed by atoms with van der Waals surface area (Å²) in [7, 11) is 1.86. The number of aromatic nitrogens is 1. The molecular weight excluding hydrogens is 350 g/mol. The SMILES string of the molecule is CN/C=C(/c1cnc2c(c1)NC(N/C(N)=C/C(=C\N)C1CCC1)C=C2)C(C)N. The Morgan fingerprint density at radius 1 is 1.39 bits per heavy atom. The lowest BCUT2D eigenvalue weighted by Gasteiger charge is -2.28. The fourth-order valence-corrected chi connectivity index (χ4v) is 3.45. The summed E-state index contributed by atoms with van der Waals surface area (Å²) in [6, 6.07) is 1.96. The summed E-state index contributed by atoms with van der Waals surface area (Å²) in [5.41, 5.74) is 23.0. The Labute approximate surface area is 166 Å². The van der Waals surface area contributed by atoms with Crippen LogP contribution in [0, 0.1) is 5.92 Å². The summed E-state index contributed by atoms with van der Waals surface area (Å²) in [5, 5.41) is 9.77. The smallest absolute Gasteiger partial charge is 0.117 e. The molecule has 28 heavy (non-hydrogen) atoms. The van der Waals surface area contributed by atoms with E-state index in [1.807, 2.05) is 44.6 Å². The van der Waals surface area contributed by atoms with Gasteiger partial charge in [0.15, 0.2) is 0 Å². The van der Waals surface area contributed by atoms with Crippen molar-refractivity contribution in [3.05, 3.63) is 59.5 Å². The molecule has 0 radical (unpaired) electrons. The summed E-state index contributed by atoms with van der Waals surface area (Å²) in [6.07, 6.45) is 14.8. The lowest BCUT2D eigenvalue weighted by molar-refractivity contribution is 0.373. The van der Waals surface area contributed by atoms with Crippen molar-refractivity contribution in [1.82, 2.24) is 15.6 Å². The maximum atomic E-state index is 6.21. The van der Waals surface area contributed by atoms with E-state index in [0.29, 0.717) is 11.7 Å². The van der Waals surface area contributed by atoms with E-state index in [9.17, 15) is 0 Å². The summed E-state index contributed by atoms with van der Waals surface area (Å²) >= 11 is 0. The predicted molar refractivity (Wildman–Crippen MR) is 116 cm³/mol. The molecule has 9 N–H and O–H groups in total. The summed E-state index contributed by atoms with van der Waals surface area (Å²) in [4.78, 5) is 4.55. The fraction of sp³-hybridized carbons (Fsp3) is 0.381. The number of anilines is 1. The van der Waals surface area contributed by atoms with E-state index in [2.05, 4.69) is 27.0 Å². The number of nitrogens with zero attached hydrogens (tertiary/aromatic N) is 1. The average molecular weight is 382 g/mol. The monoisotopic (exact) mass is 381 g/mol. The van der Waals surface area contributed by atoms with Crippen molar-refractivity contribution < 1.29 is 0 Å². The highest BCUT2D eigenvalue weighted by Crippen LogP contribution is 2.33. The largest absolute Gasteiger partial charge is 0.404 e. The van der Waals surface area contributed by atoms with E-state index in [4.69, 9.17) is 17.2 Å². The van der Waals surface area contributed by atoms with Crippen molar-refractivity contribution in [3.63, 3.8) is 0 Å². The molecule has 2 heterocycles. The van der Waals surface area contributed by atoms with Gasteiger partial charge >= 0.3 is 0 Å². The van der Waals surface area contributed by atoms with Crippen molar-refractivity contribution in [1.29, 1.82) is 0 Å². The van der Waals surface area contributed by atoms with E-state index in [1.165, 1.54) is 19.3 Å². The number of fused-ring (bicyclic) bond motifs is 1. The Kier molecular flexibility index (Phi) is 6.26. The van der Waals surface area contributed by atoms with E-state index >= 15 is 0 Å². The van der Waals surface area contributed by atoms with Gasteiger partial charge in [-0.25, -0.2) is 0 Å². The predicted octanol–water partition coefficient (Wildman–Crippen LogP) is 1.79. The zero-order valence-corrected chi connectivity index (χ0v) is 16.6. The van der Waals surface area contributed by atoms with Crippen LogP contribution in [0.25, 0.3) is 11.6 Å². The minimum Gasteiger partial charge on any atom is -0.404 e. The molecular formula is C21H31N7. The Morgan fingerprint density at radius 3 is 2.79 bits per heavy atom. The van der Waals surface area contributed by atoms with Crippen LogP contribution in [0.5, 0.6) is 0 Å². The first-order valence-electron chi connectivity index (χ1n) is 9.75. The van der Waals surface area contributed by atoms with Gasteiger partial charge in [0.25, 0.3) is 0 Å². The zero-order chi connectivity index (χ0) is 20.1. The van der Waals surface area contributed by atoms with Gasteiger partial charge in [0.1, 0.15) is 6.17 Å². The highest BCUT2D eigenvalue weighted by atomic mass is 15.2. The third-order valence-electron chi connectivity index (χ3n) is 5.21. The Bertz CT molecular complexity index is 816. The number of hydrogen-bond donors (Lipinski definition) is 6. The van der Waals surface area contributed by atoms with Gasteiger partial charge in [-0.3, -0.25) is 4.98 Å². The number of hydrogen-bond acceptors (Lipinski definition) is 7. The second kappa shape index (κ2) is 8.84. The van der Waals surface area contributed by atoms with Crippen LogP contribution < -0.4 is 33.2 Å². The number of rotatable bonds is 7. The van der Waals surface area contributed by atoms with Crippen molar-refractivity contribution in [2.24, 2.45) is 23.1 Å². The van der Waals surface area contributed by atoms with Gasteiger partial charge in [0, 0.05) is 31.0 Å². The second-order valence-corrected chi connectivity index (χ2v) is 7.35. The van der Waals surface area contributed by atoms with Crippen molar-refractivity contribution in [3.8, 4) is 0 Å². The maximum absolute atomic E-state index is 6.21. The number of pyridine rings is 1. The molecule has 1 aromatic rings. The number of nitrogens with two attached hydrogens (primary N) is 3. The topological polar surface area (TPSA) is 127 Å². The molecule has 0 saturated heterocycles. The average Bonchev–Trinajstić information content (AvgIpc) is 2.63. The highest BCUT2D eigenvalue weighted by molar-refractivity contribution is 5.75. The molecule has 0 bridgehead atoms. The van der Waals surface area contributed by atoms with Crippen LogP contribution in [0.1, 0.15) is 37.4 Å². The van der Waals surface area contributed by atoms with E-state index in [1.54, 1.807) is 6.20 Å². The Morgan fingerprint density at radius 2 is 2.18 bits per heavy atom. The minimum atomic E-state index is -0.131. The third kappa shape index (κ3) is 4.48. The normalized spacial score (nSPS) is 21.4. The van der Waals surface area contributed by atoms with Gasteiger partial charge in [0.2, 0.25) is 0 Å². The molecule has 150 valence electrons. The van der Waals surface area contributed by atoms with Crippen LogP contribution in [-0.2, 0) is 0 Å². The van der Waals surface area contributed by atoms with Gasteiger partial charge < -0.3 is 33.2 Å². The quantitative estimate of drug-likeness (QED) is 0.397. The van der Waals surface area contributed by atoms with E-state index < -0.39 is 0 Å². The molecule has 1 saturated carbocycles. The second-order valence-electron chi connectivity index (χ2n) is 7.35. The van der Waals surface area contributed by atoms with E-state index in [0.717, 1.165) is 28.1 Å². The molecule has 3 rings (SSSR count). The first-order valence-corrected chi connectivity index (χ1v) is 9.75. The van der Waals surface area contributed by atoms with Crippen molar-refractivity contribution in [2.45, 2.75) is 38.4 Å². The Balaban J connectivity index is 1.73. The molecule has 1 fully saturated rings. The maximum Gasteiger partial charge on any atom is 0.117 e. The molecule has 0 aromatic carbocycles. The molecule has 2 aliphatic rings. The zero-order valence-electron chi connectivity index (χ0n) is 16.6. The lowest BCUT2D eigenvalue weighted by atomic mass is 9.80. The Hall–Kier alpha value is -2.93. The van der Waals surface area contributed by atoms with Gasteiger partial charge in [-0.2, -0.15) is 0 Å². The first-order chi connectivity index (χ1) is 13.5. The van der Waals surface area contributed by atoms with Crippen LogP contribution in [-0.4, -0.2) is 24.2 Å². The summed E-state index contributed by atoms with van der Waals surface area (Å²) in [6.45, 7) is 1.95. The van der Waals surface area contributed by atoms with Crippen LogP contribution in [0.15, 0.2) is 48.2 Å². The van der Waals surface area contributed by atoms with Gasteiger partial charge in [-0.15, -0.1) is 0 Å². The molecule has 2 atom stereocenters. The molecule has 1 aliphatic carbocycles. The number of nitrogens with one attached hydrogen (secondary N) is 3. The molecule has 2 unspecified atom stereocenters. The van der Waals surface area contributed by atoms with Crippen LogP contribution in [0.2, 0.25) is 0 Å². The summed E-state index contributed by atoms with van der Waals surface area (Å²) in [5.74, 6) is 1.12. The minimum absolute atomic E-state index is 0.105. The fourth-order valence-electron chi connectivity index (χ4n) is 3.45. The van der Waals surface area contributed by atoms with Gasteiger partial charge in [0.05, 0.1) is 17.2 Å². The molecule has 1 aliphatic heterocycles. The van der Waals surface area contributed by atoms with Gasteiger partial charge in [-0.1, -0.05) is 6.42 Å². The van der Waals surface area contributed by atoms with Crippen LogP contribution in [0.4, 0.5) is 5.69 Å². The molecule has 7 nitrogen and oxygen atoms in total. The molecule has 0 spiro atoms. The van der Waals surface area contributed by atoms with Crippen LogP contribution in [0.3, 0.4) is 0 Å². The number of allylic oxidation sites excluding steroid dienone is 2. The third-order valence-corrected chi connectivity index (χ3v) is 5.21. The standard InChI is InChI=1S/C21H31N7/c1-13(23)17(12-25-2)16-8-19-18(26-11-16)6-7-21(27-19)28-20(24)9-15(10-22)14-4-3-5-14/h6-14,21,25,27-28H,3-5,22-24H2,1-2H3/b15-10+,17-12+,20-9+. The lowest BCUT2D eigenvalue weighted by Crippen LogP contribution is -2.38. The van der Waals surface area contributed by atoms with Gasteiger partial charge in [-0.05, 0) is 67.3 Å². The van der Waals surface area contributed by atoms with Crippen LogP contribution >= 0.6 is 0 Å². The molecule has 1 aromatic heterocycles. The van der Waals surface area contributed by atoms with Crippen molar-refractivity contribution in [2.75, 3.05) is 12.4 Å². The molecule has 0 amide bonds.